The van der Waals surface area contributed by atoms with Gasteiger partial charge in [0.05, 0.1) is 23.4 Å². The predicted octanol–water partition coefficient (Wildman–Crippen LogP) is 2.45. The first-order valence-corrected chi connectivity index (χ1v) is 11.4. The van der Waals surface area contributed by atoms with Crippen molar-refractivity contribution in [2.45, 2.75) is 50.7 Å². The van der Waals surface area contributed by atoms with Gasteiger partial charge in [-0.15, -0.1) is 0 Å². The van der Waals surface area contributed by atoms with Crippen molar-refractivity contribution in [3.63, 3.8) is 0 Å². The Morgan fingerprint density at radius 1 is 1.32 bits per heavy atom. The Morgan fingerprint density at radius 3 is 3.03 bits per heavy atom. The van der Waals surface area contributed by atoms with Crippen LogP contribution in [0.25, 0.3) is 0 Å². The molecule has 162 valence electrons. The van der Waals surface area contributed by atoms with Gasteiger partial charge in [0.25, 0.3) is 5.91 Å². The maximum Gasteiger partial charge on any atom is 0.255 e. The van der Waals surface area contributed by atoms with E-state index >= 15 is 0 Å². The van der Waals surface area contributed by atoms with E-state index in [-0.39, 0.29) is 11.3 Å². The van der Waals surface area contributed by atoms with Gasteiger partial charge in [0.1, 0.15) is 12.1 Å². The van der Waals surface area contributed by atoms with Crippen LogP contribution in [0.2, 0.25) is 0 Å². The zero-order chi connectivity index (χ0) is 21.2. The molecule has 4 fully saturated rings. The zero-order valence-corrected chi connectivity index (χ0v) is 18.0. The number of rotatable bonds is 4. The van der Waals surface area contributed by atoms with Crippen LogP contribution in [0.3, 0.4) is 0 Å². The third-order valence-corrected chi connectivity index (χ3v) is 8.25. The molecule has 4 saturated carbocycles. The van der Waals surface area contributed by atoms with Crippen LogP contribution < -0.4 is 4.90 Å². The normalized spacial score (nSPS) is 32.9. The Kier molecular flexibility index (Phi) is 4.16. The summed E-state index contributed by atoms with van der Waals surface area (Å²) in [5.74, 6) is 2.32. The topological polar surface area (TPSA) is 82.5 Å². The van der Waals surface area contributed by atoms with Crippen molar-refractivity contribution in [2.24, 2.45) is 17.3 Å². The Hall–Kier alpha value is -2.54. The van der Waals surface area contributed by atoms with Gasteiger partial charge in [0, 0.05) is 38.1 Å². The van der Waals surface area contributed by atoms with E-state index in [1.807, 2.05) is 4.90 Å². The Labute approximate surface area is 182 Å². The quantitative estimate of drug-likeness (QED) is 0.820. The molecule has 7 heteroatoms. The summed E-state index contributed by atoms with van der Waals surface area (Å²) in [6.45, 7) is 2.10. The molecule has 0 aromatic carbocycles. The van der Waals surface area contributed by atoms with Gasteiger partial charge >= 0.3 is 0 Å². The lowest BCUT2D eigenvalue weighted by Gasteiger charge is -2.40. The van der Waals surface area contributed by atoms with Crippen molar-refractivity contribution in [3.05, 3.63) is 47.7 Å². The highest BCUT2D eigenvalue weighted by Crippen LogP contribution is 2.67. The minimum Gasteiger partial charge on any atom is -0.390 e. The van der Waals surface area contributed by atoms with Crippen molar-refractivity contribution in [2.75, 3.05) is 25.0 Å². The van der Waals surface area contributed by atoms with E-state index in [9.17, 15) is 9.90 Å². The molecular formula is C24H29N5O2. The number of carbonyl (C=O) groups is 1. The standard InChI is InChI=1S/C24H29N5O2/c1-28(14-23-8-16-7-18(23)10-24(31,9-16)13-23)21-19-4-6-29(12-20(19)26-15-27-21)22(30)17-3-2-5-25-11-17/h2-3,5,11,15-16,18,31H,4,6-10,12-14H2,1H3. The summed E-state index contributed by atoms with van der Waals surface area (Å²) in [7, 11) is 2.13. The van der Waals surface area contributed by atoms with Crippen LogP contribution in [-0.4, -0.2) is 56.6 Å². The van der Waals surface area contributed by atoms with Crippen LogP contribution >= 0.6 is 0 Å². The van der Waals surface area contributed by atoms with Crippen LogP contribution in [0.15, 0.2) is 30.9 Å². The molecule has 4 aliphatic carbocycles. The molecule has 1 amide bonds. The molecule has 4 atom stereocenters. The number of nitrogens with zero attached hydrogens (tertiary/aromatic N) is 5. The predicted molar refractivity (Wildman–Crippen MR) is 115 cm³/mol. The lowest BCUT2D eigenvalue weighted by Crippen LogP contribution is -2.42. The molecule has 7 nitrogen and oxygen atoms in total. The van der Waals surface area contributed by atoms with E-state index in [2.05, 4.69) is 26.9 Å². The molecule has 2 aromatic heterocycles. The number of hydrogen-bond donors (Lipinski definition) is 1. The molecule has 3 heterocycles. The number of pyridine rings is 1. The molecule has 4 unspecified atom stereocenters. The summed E-state index contributed by atoms with van der Waals surface area (Å²) in [4.78, 5) is 30.3. The van der Waals surface area contributed by atoms with Crippen LogP contribution in [-0.2, 0) is 13.0 Å². The number of fused-ring (bicyclic) bond motifs is 1. The average molecular weight is 420 g/mol. The number of anilines is 1. The summed E-state index contributed by atoms with van der Waals surface area (Å²) < 4.78 is 0. The summed E-state index contributed by atoms with van der Waals surface area (Å²) >= 11 is 0. The van der Waals surface area contributed by atoms with E-state index in [4.69, 9.17) is 0 Å². The second-order valence-electron chi connectivity index (χ2n) is 10.4. The average Bonchev–Trinajstić information content (AvgIpc) is 3.12. The maximum absolute atomic E-state index is 12.9. The van der Waals surface area contributed by atoms with Crippen molar-refractivity contribution in [3.8, 4) is 0 Å². The first-order valence-electron chi connectivity index (χ1n) is 11.4. The number of aromatic nitrogens is 3. The molecule has 7 rings (SSSR count). The van der Waals surface area contributed by atoms with Gasteiger partial charge in [-0.3, -0.25) is 9.78 Å². The largest absolute Gasteiger partial charge is 0.390 e. The summed E-state index contributed by atoms with van der Waals surface area (Å²) in [5.41, 5.74) is 2.51. The number of carbonyl (C=O) groups excluding carboxylic acids is 1. The molecule has 4 bridgehead atoms. The Morgan fingerprint density at radius 2 is 2.23 bits per heavy atom. The minimum absolute atomic E-state index is 0.00150. The van der Waals surface area contributed by atoms with E-state index in [0.29, 0.717) is 30.5 Å². The van der Waals surface area contributed by atoms with Crippen molar-refractivity contribution in [1.29, 1.82) is 0 Å². The second-order valence-corrected chi connectivity index (χ2v) is 10.4. The fourth-order valence-electron chi connectivity index (χ4n) is 7.34. The summed E-state index contributed by atoms with van der Waals surface area (Å²) in [6.07, 6.45) is 11.1. The lowest BCUT2D eigenvalue weighted by molar-refractivity contribution is -0.0202. The third-order valence-electron chi connectivity index (χ3n) is 8.25. The molecular weight excluding hydrogens is 390 g/mol. The molecule has 31 heavy (non-hydrogen) atoms. The highest BCUT2D eigenvalue weighted by atomic mass is 16.3. The molecule has 0 saturated heterocycles. The van der Waals surface area contributed by atoms with Crippen LogP contribution in [0.4, 0.5) is 5.82 Å². The van der Waals surface area contributed by atoms with Crippen LogP contribution in [0, 0.1) is 17.3 Å². The molecule has 2 aromatic rings. The highest BCUT2D eigenvalue weighted by molar-refractivity contribution is 5.94. The van der Waals surface area contributed by atoms with E-state index in [1.54, 1.807) is 30.9 Å². The smallest absolute Gasteiger partial charge is 0.255 e. The van der Waals surface area contributed by atoms with Gasteiger partial charge < -0.3 is 14.9 Å². The van der Waals surface area contributed by atoms with Crippen LogP contribution in [0.1, 0.15) is 53.7 Å². The number of aliphatic hydroxyl groups is 1. The Balaban J connectivity index is 1.22. The third kappa shape index (κ3) is 3.04. The van der Waals surface area contributed by atoms with Gasteiger partial charge in [0.15, 0.2) is 0 Å². The first-order chi connectivity index (χ1) is 14.9. The van der Waals surface area contributed by atoms with Gasteiger partial charge in [-0.1, -0.05) is 0 Å². The van der Waals surface area contributed by atoms with E-state index < -0.39 is 5.60 Å². The fraction of sp³-hybridized carbons (Fsp3) is 0.583. The summed E-state index contributed by atoms with van der Waals surface area (Å²) in [5, 5.41) is 11.0. The lowest BCUT2D eigenvalue weighted by atomic mass is 9.73. The first kappa shape index (κ1) is 19.2. The second kappa shape index (κ2) is 6.73. The number of amides is 1. The molecule has 0 spiro atoms. The maximum atomic E-state index is 12.9. The molecule has 0 radical (unpaired) electrons. The summed E-state index contributed by atoms with van der Waals surface area (Å²) in [6, 6.07) is 3.60. The van der Waals surface area contributed by atoms with Gasteiger partial charge in [-0.05, 0) is 67.9 Å². The van der Waals surface area contributed by atoms with Crippen molar-refractivity contribution < 1.29 is 9.90 Å². The molecule has 5 aliphatic rings. The fourth-order valence-corrected chi connectivity index (χ4v) is 7.34. The Bertz CT molecular complexity index is 1030. The van der Waals surface area contributed by atoms with Gasteiger partial charge in [-0.2, -0.15) is 0 Å². The molecule has 1 N–H and O–H groups in total. The minimum atomic E-state index is -0.426. The van der Waals surface area contributed by atoms with Crippen molar-refractivity contribution >= 4 is 11.7 Å². The number of hydrogen-bond acceptors (Lipinski definition) is 6. The molecule has 1 aliphatic heterocycles. The van der Waals surface area contributed by atoms with Gasteiger partial charge in [-0.25, -0.2) is 9.97 Å². The highest BCUT2D eigenvalue weighted by Gasteiger charge is 2.63. The zero-order valence-electron chi connectivity index (χ0n) is 18.0. The van der Waals surface area contributed by atoms with E-state index in [0.717, 1.165) is 49.3 Å². The van der Waals surface area contributed by atoms with Gasteiger partial charge in [0.2, 0.25) is 0 Å². The van der Waals surface area contributed by atoms with E-state index in [1.165, 1.54) is 12.8 Å². The van der Waals surface area contributed by atoms with Crippen LogP contribution in [0.5, 0.6) is 0 Å². The van der Waals surface area contributed by atoms with Crippen molar-refractivity contribution in [1.82, 2.24) is 19.9 Å². The monoisotopic (exact) mass is 419 g/mol. The SMILES string of the molecule is CN(CC12CC3CC1CC(O)(C3)C2)c1ncnc2c1CCN(C(=O)c1cccnc1)C2.